The fourth-order valence-electron chi connectivity index (χ4n) is 9.15. The maximum Gasteiger partial charge on any atom is 0.238 e. The topological polar surface area (TPSA) is 48.5 Å². The summed E-state index contributed by atoms with van der Waals surface area (Å²) in [6, 6.07) is 79.2. The lowest BCUT2D eigenvalue weighted by molar-refractivity contribution is 0.953. The number of rotatable bonds is 7. The Kier molecular flexibility index (Phi) is 8.42. The summed E-state index contributed by atoms with van der Waals surface area (Å²) < 4.78 is 4.64. The Hall–Kier alpha value is -8.41. The van der Waals surface area contributed by atoms with Crippen molar-refractivity contribution in [2.24, 2.45) is 0 Å². The first-order valence-corrected chi connectivity index (χ1v) is 21.0. The normalized spacial score (nSPS) is 11.5. The van der Waals surface area contributed by atoms with E-state index >= 15 is 0 Å². The maximum atomic E-state index is 5.42. The summed E-state index contributed by atoms with van der Waals surface area (Å²) in [5, 5.41) is 4.62. The standard InChI is InChI=1S/C57H37N5/c1-4-17-38(18-5-1)39-31-33-40(34-32-39)45-25-10-11-26-46(45)42-21-16-22-43(37-42)56-58-55(41-19-6-2-7-20-41)59-57(60-56)62-52-30-15-13-28-48(52)50-36-35-49-47-27-12-14-29-51(47)61(53(49)54(50)62)44-23-8-3-9-24-44/h1-37H. The minimum atomic E-state index is 0.557. The lowest BCUT2D eigenvalue weighted by Gasteiger charge is -2.14. The van der Waals surface area contributed by atoms with Gasteiger partial charge in [0.15, 0.2) is 11.6 Å². The van der Waals surface area contributed by atoms with Crippen LogP contribution in [0.25, 0.3) is 111 Å². The van der Waals surface area contributed by atoms with Gasteiger partial charge in [0, 0.05) is 38.4 Å². The number of benzene rings is 9. The molecule has 0 amide bonds. The van der Waals surface area contributed by atoms with E-state index in [1.807, 2.05) is 18.2 Å². The van der Waals surface area contributed by atoms with Gasteiger partial charge in [0.1, 0.15) is 0 Å². The van der Waals surface area contributed by atoms with E-state index in [0.29, 0.717) is 17.6 Å². The number of nitrogens with zero attached hydrogens (tertiary/aromatic N) is 5. The second kappa shape index (κ2) is 14.7. The van der Waals surface area contributed by atoms with E-state index in [0.717, 1.165) is 71.9 Å². The minimum absolute atomic E-state index is 0.557. The molecule has 9 aromatic carbocycles. The van der Waals surface area contributed by atoms with E-state index in [1.165, 1.54) is 21.9 Å². The largest absolute Gasteiger partial charge is 0.307 e. The van der Waals surface area contributed by atoms with Crippen molar-refractivity contribution in [3.8, 4) is 67.8 Å². The predicted molar refractivity (Wildman–Crippen MR) is 256 cm³/mol. The lowest BCUT2D eigenvalue weighted by Crippen LogP contribution is -2.07. The highest BCUT2D eigenvalue weighted by molar-refractivity contribution is 6.23. The molecule has 0 radical (unpaired) electrons. The highest BCUT2D eigenvalue weighted by Gasteiger charge is 2.23. The van der Waals surface area contributed by atoms with Crippen molar-refractivity contribution in [2.45, 2.75) is 0 Å². The van der Waals surface area contributed by atoms with E-state index in [1.54, 1.807) is 0 Å². The third-order valence-corrected chi connectivity index (χ3v) is 12.0. The van der Waals surface area contributed by atoms with Crippen molar-refractivity contribution in [3.63, 3.8) is 0 Å². The van der Waals surface area contributed by atoms with Crippen LogP contribution in [0, 0.1) is 0 Å². The highest BCUT2D eigenvalue weighted by atomic mass is 15.2. The molecule has 5 heteroatoms. The highest BCUT2D eigenvalue weighted by Crippen LogP contribution is 2.42. The zero-order valence-electron chi connectivity index (χ0n) is 33.6. The van der Waals surface area contributed by atoms with E-state index in [9.17, 15) is 0 Å². The van der Waals surface area contributed by atoms with Gasteiger partial charge in [0.25, 0.3) is 0 Å². The number of aromatic nitrogens is 5. The Morgan fingerprint density at radius 2 is 0.726 bits per heavy atom. The minimum Gasteiger partial charge on any atom is -0.307 e. The van der Waals surface area contributed by atoms with E-state index in [4.69, 9.17) is 15.0 Å². The first-order valence-electron chi connectivity index (χ1n) is 21.0. The van der Waals surface area contributed by atoms with Crippen LogP contribution in [0.5, 0.6) is 0 Å². The van der Waals surface area contributed by atoms with Gasteiger partial charge in [-0.3, -0.25) is 4.57 Å². The molecule has 62 heavy (non-hydrogen) atoms. The van der Waals surface area contributed by atoms with Crippen molar-refractivity contribution < 1.29 is 0 Å². The van der Waals surface area contributed by atoms with Crippen LogP contribution in [0.1, 0.15) is 0 Å². The molecule has 0 unspecified atom stereocenters. The number of para-hydroxylation sites is 3. The van der Waals surface area contributed by atoms with E-state index in [-0.39, 0.29) is 0 Å². The molecular weight excluding hydrogens is 755 g/mol. The van der Waals surface area contributed by atoms with Gasteiger partial charge in [-0.1, -0.05) is 194 Å². The molecule has 0 spiro atoms. The van der Waals surface area contributed by atoms with Crippen molar-refractivity contribution in [3.05, 3.63) is 224 Å². The molecule has 0 fully saturated rings. The Bertz CT molecular complexity index is 3610. The van der Waals surface area contributed by atoms with Crippen LogP contribution in [-0.2, 0) is 0 Å². The predicted octanol–water partition coefficient (Wildman–Crippen LogP) is 14.4. The van der Waals surface area contributed by atoms with Crippen LogP contribution >= 0.6 is 0 Å². The Balaban J connectivity index is 1.08. The van der Waals surface area contributed by atoms with Gasteiger partial charge >= 0.3 is 0 Å². The second-order valence-corrected chi connectivity index (χ2v) is 15.6. The monoisotopic (exact) mass is 791 g/mol. The molecule has 5 nitrogen and oxygen atoms in total. The van der Waals surface area contributed by atoms with Crippen molar-refractivity contribution in [2.75, 3.05) is 0 Å². The summed E-state index contributed by atoms with van der Waals surface area (Å²) in [4.78, 5) is 16.0. The zero-order chi connectivity index (χ0) is 41.0. The van der Waals surface area contributed by atoms with Crippen LogP contribution in [-0.4, -0.2) is 24.1 Å². The summed E-state index contributed by atoms with van der Waals surface area (Å²) in [5.74, 6) is 1.76. The molecule has 0 N–H and O–H groups in total. The average Bonchev–Trinajstić information content (AvgIpc) is 3.88. The Labute approximate surface area is 358 Å². The van der Waals surface area contributed by atoms with Gasteiger partial charge in [-0.25, -0.2) is 4.98 Å². The van der Waals surface area contributed by atoms with E-state index < -0.39 is 0 Å². The third-order valence-electron chi connectivity index (χ3n) is 12.0. The fourth-order valence-corrected chi connectivity index (χ4v) is 9.15. The van der Waals surface area contributed by atoms with Gasteiger partial charge in [-0.15, -0.1) is 0 Å². The summed E-state index contributed by atoms with van der Waals surface area (Å²) in [5.41, 5.74) is 14.2. The molecule has 3 heterocycles. The number of hydrogen-bond donors (Lipinski definition) is 0. The molecule has 0 saturated heterocycles. The molecule has 0 aliphatic carbocycles. The molecule has 0 saturated carbocycles. The molecule has 0 aliphatic rings. The summed E-state index contributed by atoms with van der Waals surface area (Å²) in [7, 11) is 0. The zero-order valence-corrected chi connectivity index (χ0v) is 33.6. The first-order chi connectivity index (χ1) is 30.8. The molecular formula is C57H37N5. The van der Waals surface area contributed by atoms with Gasteiger partial charge in [0.2, 0.25) is 5.95 Å². The van der Waals surface area contributed by atoms with Crippen LogP contribution in [0.15, 0.2) is 224 Å². The van der Waals surface area contributed by atoms with Gasteiger partial charge in [0.05, 0.1) is 22.1 Å². The van der Waals surface area contributed by atoms with Crippen molar-refractivity contribution >= 4 is 43.6 Å². The molecule has 12 rings (SSSR count). The quantitative estimate of drug-likeness (QED) is 0.162. The van der Waals surface area contributed by atoms with E-state index in [2.05, 4.69) is 215 Å². The molecule has 3 aromatic heterocycles. The van der Waals surface area contributed by atoms with Crippen molar-refractivity contribution in [1.29, 1.82) is 0 Å². The fraction of sp³-hybridized carbons (Fsp3) is 0. The van der Waals surface area contributed by atoms with Crippen LogP contribution in [0.2, 0.25) is 0 Å². The molecule has 12 aromatic rings. The lowest BCUT2D eigenvalue weighted by atomic mass is 9.92. The number of hydrogen-bond acceptors (Lipinski definition) is 3. The first kappa shape index (κ1) is 35.5. The second-order valence-electron chi connectivity index (χ2n) is 15.6. The molecule has 290 valence electrons. The van der Waals surface area contributed by atoms with Crippen LogP contribution in [0.4, 0.5) is 0 Å². The summed E-state index contributed by atoms with van der Waals surface area (Å²) >= 11 is 0. The van der Waals surface area contributed by atoms with Crippen LogP contribution < -0.4 is 0 Å². The van der Waals surface area contributed by atoms with Gasteiger partial charge in [-0.2, -0.15) is 9.97 Å². The summed E-state index contributed by atoms with van der Waals surface area (Å²) in [6.45, 7) is 0. The average molecular weight is 792 g/mol. The maximum absolute atomic E-state index is 5.42. The Morgan fingerprint density at radius 1 is 0.274 bits per heavy atom. The SMILES string of the molecule is c1ccc(-c2ccc(-c3ccccc3-c3cccc(-c4nc(-c5ccccc5)nc(-n5c6ccccc6c6ccc7c8ccccc8n(-c8ccccc8)c7c65)n4)c3)cc2)cc1. The number of fused-ring (bicyclic) bond motifs is 7. The third kappa shape index (κ3) is 5.90. The molecule has 0 atom stereocenters. The summed E-state index contributed by atoms with van der Waals surface area (Å²) in [6.07, 6.45) is 0. The molecule has 0 bridgehead atoms. The Morgan fingerprint density at radius 3 is 1.39 bits per heavy atom. The van der Waals surface area contributed by atoms with Crippen molar-refractivity contribution in [1.82, 2.24) is 24.1 Å². The van der Waals surface area contributed by atoms with Gasteiger partial charge < -0.3 is 4.57 Å². The molecule has 0 aliphatic heterocycles. The van der Waals surface area contributed by atoms with Gasteiger partial charge in [-0.05, 0) is 63.7 Å². The van der Waals surface area contributed by atoms with Crippen LogP contribution in [0.3, 0.4) is 0 Å². The smallest absolute Gasteiger partial charge is 0.238 e.